The van der Waals surface area contributed by atoms with E-state index in [2.05, 4.69) is 17.5 Å². The van der Waals surface area contributed by atoms with Gasteiger partial charge in [0.1, 0.15) is 0 Å². The number of aryl methyl sites for hydroxylation is 2. The topological polar surface area (TPSA) is 31.4 Å². The van der Waals surface area contributed by atoms with Crippen molar-refractivity contribution in [3.8, 4) is 0 Å². The third kappa shape index (κ3) is 3.55. The van der Waals surface area contributed by atoms with Crippen molar-refractivity contribution in [2.45, 2.75) is 75.2 Å². The highest BCUT2D eigenvalue weighted by Crippen LogP contribution is 2.47. The summed E-state index contributed by atoms with van der Waals surface area (Å²) in [6, 6.07) is 6.41. The fourth-order valence-electron chi connectivity index (χ4n) is 5.69. The minimum Gasteiger partial charge on any atom is -0.378 e. The molecule has 0 amide bonds. The Labute approximate surface area is 172 Å². The number of nitrogens with zero attached hydrogens (tertiary/aromatic N) is 1. The quantitative estimate of drug-likeness (QED) is 0.624. The predicted octanol–water partition coefficient (Wildman–Crippen LogP) is 5.25. The molecule has 3 aliphatic rings. The summed E-state index contributed by atoms with van der Waals surface area (Å²) in [5, 5.41) is 2.41. The van der Waals surface area contributed by atoms with E-state index in [0.29, 0.717) is 0 Å². The minimum atomic E-state index is -0.0790. The monoisotopic (exact) mass is 397 g/mol. The van der Waals surface area contributed by atoms with Gasteiger partial charge in [-0.3, -0.25) is 4.98 Å². The van der Waals surface area contributed by atoms with E-state index in [1.165, 1.54) is 50.6 Å². The summed E-state index contributed by atoms with van der Waals surface area (Å²) in [6.07, 6.45) is 14.1. The van der Waals surface area contributed by atoms with E-state index in [-0.39, 0.29) is 11.0 Å². The van der Waals surface area contributed by atoms with Gasteiger partial charge in [0.2, 0.25) is 0 Å². The van der Waals surface area contributed by atoms with Crippen molar-refractivity contribution in [3.05, 3.63) is 51.5 Å². The number of hydrogen-bond donors (Lipinski definition) is 0. The van der Waals surface area contributed by atoms with Crippen LogP contribution in [-0.4, -0.2) is 30.4 Å². The van der Waals surface area contributed by atoms with Gasteiger partial charge in [-0.25, -0.2) is 0 Å². The zero-order chi connectivity index (χ0) is 18.9. The lowest BCUT2D eigenvalue weighted by atomic mass is 9.67. The van der Waals surface area contributed by atoms with Gasteiger partial charge in [-0.15, -0.1) is 11.3 Å². The molecule has 0 bridgehead atoms. The molecule has 2 aliphatic heterocycles. The van der Waals surface area contributed by atoms with Crippen molar-refractivity contribution in [1.82, 2.24) is 4.98 Å². The minimum absolute atomic E-state index is 0.0790. The Bertz CT molecular complexity index is 796. The van der Waals surface area contributed by atoms with Gasteiger partial charge in [0.25, 0.3) is 0 Å². The number of aromatic nitrogens is 1. The van der Waals surface area contributed by atoms with Crippen LogP contribution in [0, 0.1) is 0 Å². The van der Waals surface area contributed by atoms with E-state index >= 15 is 0 Å². The molecule has 3 nitrogen and oxygen atoms in total. The Morgan fingerprint density at radius 1 is 1.11 bits per heavy atom. The first-order valence-electron chi connectivity index (χ1n) is 11.0. The smallest absolute Gasteiger partial charge is 0.0945 e. The van der Waals surface area contributed by atoms with Crippen LogP contribution in [0.1, 0.15) is 66.6 Å². The predicted molar refractivity (Wildman–Crippen MR) is 113 cm³/mol. The molecule has 2 saturated heterocycles. The van der Waals surface area contributed by atoms with Crippen LogP contribution in [0.2, 0.25) is 0 Å². The maximum absolute atomic E-state index is 6.27. The number of hydrogen-bond acceptors (Lipinski definition) is 4. The van der Waals surface area contributed by atoms with Crippen LogP contribution in [-0.2, 0) is 34.2 Å². The zero-order valence-corrected chi connectivity index (χ0v) is 17.6. The number of thiophene rings is 1. The van der Waals surface area contributed by atoms with Crippen LogP contribution in [0.4, 0.5) is 0 Å². The summed E-state index contributed by atoms with van der Waals surface area (Å²) >= 11 is 2.00. The lowest BCUT2D eigenvalue weighted by Crippen LogP contribution is -2.48. The molecule has 0 saturated carbocycles. The molecule has 0 aromatic carbocycles. The molecule has 2 aromatic rings. The summed E-state index contributed by atoms with van der Waals surface area (Å²) in [6.45, 7) is 2.42. The first kappa shape index (κ1) is 18.8. The SMILES string of the molecule is c1ccc(C2(CCCCc3scc4c3CCC4)CCOC3(CCOC3)C2)nc1. The van der Waals surface area contributed by atoms with Crippen LogP contribution >= 0.6 is 11.3 Å². The lowest BCUT2D eigenvalue weighted by Gasteiger charge is -2.45. The normalized spacial score (nSPS) is 29.4. The lowest BCUT2D eigenvalue weighted by molar-refractivity contribution is -0.109. The molecular formula is C24H31NO2S. The molecule has 4 heteroatoms. The third-order valence-corrected chi connectivity index (χ3v) is 8.31. The van der Waals surface area contributed by atoms with Crippen LogP contribution in [0.5, 0.6) is 0 Å². The Balaban J connectivity index is 1.28. The van der Waals surface area contributed by atoms with Crippen LogP contribution in [0.25, 0.3) is 0 Å². The summed E-state index contributed by atoms with van der Waals surface area (Å²) in [5.74, 6) is 0. The van der Waals surface area contributed by atoms with Gasteiger partial charge >= 0.3 is 0 Å². The number of pyridine rings is 1. The number of rotatable bonds is 6. The van der Waals surface area contributed by atoms with Crippen LogP contribution in [0.3, 0.4) is 0 Å². The second kappa shape index (κ2) is 7.89. The Hall–Kier alpha value is -1.23. The molecule has 5 rings (SSSR count). The fraction of sp³-hybridized carbons (Fsp3) is 0.625. The van der Waals surface area contributed by atoms with Gasteiger partial charge in [-0.05, 0) is 80.0 Å². The van der Waals surface area contributed by atoms with Gasteiger partial charge in [0, 0.05) is 41.8 Å². The van der Waals surface area contributed by atoms with E-state index in [1.807, 2.05) is 23.6 Å². The van der Waals surface area contributed by atoms with Crippen molar-refractivity contribution in [2.24, 2.45) is 0 Å². The fourth-order valence-corrected chi connectivity index (χ4v) is 6.87. The van der Waals surface area contributed by atoms with Crippen LogP contribution < -0.4 is 0 Å². The summed E-state index contributed by atoms with van der Waals surface area (Å²) in [4.78, 5) is 6.47. The van der Waals surface area contributed by atoms with Crippen molar-refractivity contribution >= 4 is 11.3 Å². The molecule has 1 spiro atoms. The van der Waals surface area contributed by atoms with E-state index in [1.54, 1.807) is 16.0 Å². The highest BCUT2D eigenvalue weighted by atomic mass is 32.1. The average molecular weight is 398 g/mol. The highest BCUT2D eigenvalue weighted by Gasteiger charge is 2.49. The highest BCUT2D eigenvalue weighted by molar-refractivity contribution is 7.10. The van der Waals surface area contributed by atoms with Gasteiger partial charge in [0.15, 0.2) is 0 Å². The summed E-state index contributed by atoms with van der Waals surface area (Å²) in [7, 11) is 0. The second-order valence-corrected chi connectivity index (χ2v) is 9.94. The first-order chi connectivity index (χ1) is 13.8. The van der Waals surface area contributed by atoms with E-state index < -0.39 is 0 Å². The molecular weight excluding hydrogens is 366 g/mol. The van der Waals surface area contributed by atoms with Crippen molar-refractivity contribution in [3.63, 3.8) is 0 Å². The Kier molecular flexibility index (Phi) is 5.29. The van der Waals surface area contributed by atoms with E-state index in [4.69, 9.17) is 14.5 Å². The molecule has 150 valence electrons. The third-order valence-electron chi connectivity index (χ3n) is 7.17. The first-order valence-corrected chi connectivity index (χ1v) is 11.9. The van der Waals surface area contributed by atoms with Gasteiger partial charge in [-0.2, -0.15) is 0 Å². The zero-order valence-electron chi connectivity index (χ0n) is 16.8. The van der Waals surface area contributed by atoms with Crippen molar-refractivity contribution in [1.29, 1.82) is 0 Å². The molecule has 2 fully saturated rings. The number of ether oxygens (including phenoxy) is 2. The largest absolute Gasteiger partial charge is 0.378 e. The van der Waals surface area contributed by atoms with Gasteiger partial charge in [-0.1, -0.05) is 12.5 Å². The molecule has 0 N–H and O–H groups in total. The number of fused-ring (bicyclic) bond motifs is 1. The maximum atomic E-state index is 6.27. The van der Waals surface area contributed by atoms with E-state index in [0.717, 1.165) is 39.1 Å². The van der Waals surface area contributed by atoms with Crippen molar-refractivity contribution in [2.75, 3.05) is 19.8 Å². The van der Waals surface area contributed by atoms with Crippen LogP contribution in [0.15, 0.2) is 29.8 Å². The Morgan fingerprint density at radius 2 is 2.11 bits per heavy atom. The van der Waals surface area contributed by atoms with Crippen molar-refractivity contribution < 1.29 is 9.47 Å². The van der Waals surface area contributed by atoms with E-state index in [9.17, 15) is 0 Å². The molecule has 0 radical (unpaired) electrons. The molecule has 4 heterocycles. The van der Waals surface area contributed by atoms with Gasteiger partial charge < -0.3 is 9.47 Å². The molecule has 28 heavy (non-hydrogen) atoms. The Morgan fingerprint density at radius 3 is 2.96 bits per heavy atom. The standard InChI is InChI=1S/C24H31NO2S/c1(8-21-20-7-5-6-19(20)16-28-21)3-10-23(22-9-2-4-13-25-22)11-15-27-24(17-23)12-14-26-18-24/h2,4,9,13,16H,1,3,5-8,10-12,14-15,17-18H2. The summed E-state index contributed by atoms with van der Waals surface area (Å²) < 4.78 is 12.0. The molecule has 2 unspecified atom stereocenters. The summed E-state index contributed by atoms with van der Waals surface area (Å²) in [5.41, 5.74) is 4.66. The van der Waals surface area contributed by atoms with Gasteiger partial charge in [0.05, 0.1) is 12.2 Å². The maximum Gasteiger partial charge on any atom is 0.0945 e. The number of unbranched alkanes of at least 4 members (excludes halogenated alkanes) is 1. The molecule has 1 aliphatic carbocycles. The average Bonchev–Trinajstić information content (AvgIpc) is 3.45. The molecule has 2 aromatic heterocycles. The molecule has 2 atom stereocenters. The second-order valence-electron chi connectivity index (χ2n) is 8.98.